The Hall–Kier alpha value is -1.87. The minimum Gasteiger partial charge on any atom is -0.289 e. The van der Waals surface area contributed by atoms with Gasteiger partial charge in [0.2, 0.25) is 5.91 Å². The highest BCUT2D eigenvalue weighted by atomic mass is 16.5. The molecule has 22 heavy (non-hydrogen) atoms. The van der Waals surface area contributed by atoms with Crippen LogP contribution in [0.5, 0.6) is 0 Å². The normalized spacial score (nSPS) is 21.0. The maximum atomic E-state index is 12.0. The van der Waals surface area contributed by atoms with Crippen LogP contribution in [0.15, 0.2) is 53.6 Å². The van der Waals surface area contributed by atoms with E-state index in [1.165, 1.54) is 16.7 Å². The molecule has 0 heterocycles. The third-order valence-corrected chi connectivity index (χ3v) is 4.32. The van der Waals surface area contributed by atoms with Crippen molar-refractivity contribution >= 4 is 5.91 Å². The summed E-state index contributed by atoms with van der Waals surface area (Å²) in [5, 5.41) is 8.99. The van der Waals surface area contributed by atoms with E-state index in [0.717, 1.165) is 19.3 Å². The number of nitrogens with one attached hydrogen (secondary N) is 1. The average Bonchev–Trinajstić information content (AvgIpc) is 2.54. The van der Waals surface area contributed by atoms with E-state index >= 15 is 0 Å². The largest absolute Gasteiger partial charge is 0.289 e. The van der Waals surface area contributed by atoms with E-state index in [-0.39, 0.29) is 17.7 Å². The lowest BCUT2D eigenvalue weighted by Gasteiger charge is -2.30. The zero-order chi connectivity index (χ0) is 15.9. The molecule has 0 radical (unpaired) electrons. The zero-order valence-corrected chi connectivity index (χ0v) is 13.4. The maximum absolute atomic E-state index is 12.0. The molecule has 0 fully saturated rings. The Kier molecular flexibility index (Phi) is 5.96. The number of hydrogen-bond acceptors (Lipinski definition) is 2. The molecule has 0 spiro atoms. The number of hydrogen-bond donors (Lipinski definition) is 2. The predicted octanol–water partition coefficient (Wildman–Crippen LogP) is 4.36. The van der Waals surface area contributed by atoms with E-state index in [9.17, 15) is 4.79 Å². The van der Waals surface area contributed by atoms with Gasteiger partial charge in [-0.15, -0.1) is 0 Å². The first-order chi connectivity index (χ1) is 10.6. The first kappa shape index (κ1) is 16.5. The van der Waals surface area contributed by atoms with Gasteiger partial charge in [-0.3, -0.25) is 10.0 Å². The molecule has 2 rings (SSSR count). The molecule has 1 aliphatic carbocycles. The molecule has 0 unspecified atom stereocenters. The van der Waals surface area contributed by atoms with Gasteiger partial charge in [0.1, 0.15) is 0 Å². The highest BCUT2D eigenvalue weighted by Gasteiger charge is 2.32. The van der Waals surface area contributed by atoms with Gasteiger partial charge in [0, 0.05) is 0 Å². The second-order valence-electron chi connectivity index (χ2n) is 6.22. The second-order valence-corrected chi connectivity index (χ2v) is 6.22. The van der Waals surface area contributed by atoms with Crippen molar-refractivity contribution < 1.29 is 10.0 Å². The lowest BCUT2D eigenvalue weighted by Crippen LogP contribution is -2.33. The molecule has 118 valence electrons. The van der Waals surface area contributed by atoms with Crippen LogP contribution in [-0.2, 0) is 4.79 Å². The van der Waals surface area contributed by atoms with Gasteiger partial charge in [-0.1, -0.05) is 53.6 Å². The summed E-state index contributed by atoms with van der Waals surface area (Å²) in [5.74, 6) is -0.340. The molecule has 1 aliphatic rings. The number of carbonyl (C=O) groups is 1. The molecule has 0 bridgehead atoms. The fourth-order valence-electron chi connectivity index (χ4n) is 3.14. The molecule has 0 saturated carbocycles. The van der Waals surface area contributed by atoms with Crippen LogP contribution in [0.1, 0.15) is 51.0 Å². The van der Waals surface area contributed by atoms with Crippen molar-refractivity contribution in [2.45, 2.75) is 45.4 Å². The van der Waals surface area contributed by atoms with Gasteiger partial charge in [0.15, 0.2) is 0 Å². The molecule has 2 atom stereocenters. The summed E-state index contributed by atoms with van der Waals surface area (Å²) in [7, 11) is 0. The van der Waals surface area contributed by atoms with E-state index in [1.54, 1.807) is 0 Å². The lowest BCUT2D eigenvalue weighted by molar-refractivity contribution is -0.134. The minimum absolute atomic E-state index is 0.139. The lowest BCUT2D eigenvalue weighted by atomic mass is 9.74. The standard InChI is InChI=1S/C19H25NO2/c1-14(2)7-6-8-15-11-12-17(19(21)20-22)18(13-15)16-9-4-3-5-10-16/h3-5,7,9-11,17-18,22H,6,8,12-13H2,1-2H3,(H,20,21)/t17-,18+/m1/s1. The van der Waals surface area contributed by atoms with Crippen molar-refractivity contribution in [1.29, 1.82) is 0 Å². The Morgan fingerprint density at radius 1 is 1.32 bits per heavy atom. The third-order valence-electron chi connectivity index (χ3n) is 4.32. The maximum Gasteiger partial charge on any atom is 0.247 e. The van der Waals surface area contributed by atoms with Crippen LogP contribution < -0.4 is 5.48 Å². The molecule has 0 aromatic heterocycles. The molecule has 3 heteroatoms. The van der Waals surface area contributed by atoms with E-state index in [0.29, 0.717) is 6.42 Å². The number of amides is 1. The van der Waals surface area contributed by atoms with Crippen LogP contribution in [0.3, 0.4) is 0 Å². The molecule has 1 amide bonds. The van der Waals surface area contributed by atoms with Crippen molar-refractivity contribution in [3.8, 4) is 0 Å². The molecule has 1 aromatic rings. The highest BCUT2D eigenvalue weighted by Crippen LogP contribution is 2.39. The van der Waals surface area contributed by atoms with E-state index < -0.39 is 0 Å². The van der Waals surface area contributed by atoms with Gasteiger partial charge in [-0.2, -0.15) is 0 Å². The Balaban J connectivity index is 2.14. The summed E-state index contributed by atoms with van der Waals surface area (Å²) in [4.78, 5) is 12.0. The molecule has 2 N–H and O–H groups in total. The molecular formula is C19H25NO2. The first-order valence-electron chi connectivity index (χ1n) is 7.92. The number of rotatable bonds is 5. The third kappa shape index (κ3) is 4.31. The Morgan fingerprint density at radius 2 is 2.05 bits per heavy atom. The van der Waals surface area contributed by atoms with Crippen molar-refractivity contribution in [2.75, 3.05) is 0 Å². The number of allylic oxidation sites excluding steroid dienone is 4. The molecular weight excluding hydrogens is 274 g/mol. The topological polar surface area (TPSA) is 49.3 Å². The van der Waals surface area contributed by atoms with Gasteiger partial charge in [-0.25, -0.2) is 5.48 Å². The monoisotopic (exact) mass is 299 g/mol. The second kappa shape index (κ2) is 7.95. The highest BCUT2D eigenvalue weighted by molar-refractivity contribution is 5.79. The summed E-state index contributed by atoms with van der Waals surface area (Å²) in [6.45, 7) is 4.23. The smallest absolute Gasteiger partial charge is 0.247 e. The van der Waals surface area contributed by atoms with Gasteiger partial charge < -0.3 is 0 Å². The van der Waals surface area contributed by atoms with Gasteiger partial charge in [0.05, 0.1) is 5.92 Å². The summed E-state index contributed by atoms with van der Waals surface area (Å²) >= 11 is 0. The van der Waals surface area contributed by atoms with Gasteiger partial charge >= 0.3 is 0 Å². The van der Waals surface area contributed by atoms with E-state index in [2.05, 4.69) is 38.1 Å². The van der Waals surface area contributed by atoms with E-state index in [1.807, 2.05) is 23.7 Å². The molecule has 0 aliphatic heterocycles. The number of hydroxylamine groups is 1. The van der Waals surface area contributed by atoms with Crippen molar-refractivity contribution in [1.82, 2.24) is 5.48 Å². The first-order valence-corrected chi connectivity index (χ1v) is 7.92. The predicted molar refractivity (Wildman–Crippen MR) is 88.6 cm³/mol. The van der Waals surface area contributed by atoms with Crippen LogP contribution in [0.2, 0.25) is 0 Å². The van der Waals surface area contributed by atoms with Crippen molar-refractivity contribution in [2.24, 2.45) is 5.92 Å². The van der Waals surface area contributed by atoms with Gasteiger partial charge in [-0.05, 0) is 51.0 Å². The van der Waals surface area contributed by atoms with Crippen LogP contribution in [0.4, 0.5) is 0 Å². The SMILES string of the molecule is CC(C)=CCCC1=CC[C@@H](C(=O)NO)[C@H](c2ccccc2)C1. The number of carbonyl (C=O) groups excluding carboxylic acids is 1. The fourth-order valence-corrected chi connectivity index (χ4v) is 3.14. The molecule has 0 saturated heterocycles. The fraction of sp³-hybridized carbons (Fsp3) is 0.421. The van der Waals surface area contributed by atoms with Crippen LogP contribution in [0, 0.1) is 5.92 Å². The summed E-state index contributed by atoms with van der Waals surface area (Å²) in [6.07, 6.45) is 8.10. The van der Waals surface area contributed by atoms with E-state index in [4.69, 9.17) is 5.21 Å². The van der Waals surface area contributed by atoms with Crippen LogP contribution in [0.25, 0.3) is 0 Å². The Labute approximate surface area is 132 Å². The quantitative estimate of drug-likeness (QED) is 0.482. The van der Waals surface area contributed by atoms with Crippen molar-refractivity contribution in [3.05, 3.63) is 59.2 Å². The Morgan fingerprint density at radius 3 is 2.68 bits per heavy atom. The van der Waals surface area contributed by atoms with Crippen molar-refractivity contribution in [3.63, 3.8) is 0 Å². The van der Waals surface area contributed by atoms with Crippen LogP contribution in [-0.4, -0.2) is 11.1 Å². The van der Waals surface area contributed by atoms with Gasteiger partial charge in [0.25, 0.3) is 0 Å². The Bertz CT molecular complexity index is 556. The number of benzene rings is 1. The minimum atomic E-state index is -0.284. The van der Waals surface area contributed by atoms with Crippen LogP contribution >= 0.6 is 0 Å². The molecule has 1 aromatic carbocycles. The summed E-state index contributed by atoms with van der Waals surface area (Å²) in [6, 6.07) is 10.1. The summed E-state index contributed by atoms with van der Waals surface area (Å²) < 4.78 is 0. The molecule has 3 nitrogen and oxygen atoms in total. The zero-order valence-electron chi connectivity index (χ0n) is 13.4. The summed E-state index contributed by atoms with van der Waals surface area (Å²) in [5.41, 5.74) is 5.75. The average molecular weight is 299 g/mol.